The van der Waals surface area contributed by atoms with Gasteiger partial charge in [0.05, 0.1) is 21.7 Å². The van der Waals surface area contributed by atoms with Gasteiger partial charge in [0.15, 0.2) is 4.47 Å². The molecule has 0 radical (unpaired) electrons. The van der Waals surface area contributed by atoms with Crippen molar-refractivity contribution in [2.45, 2.75) is 5.75 Å². The average molecular weight is 289 g/mol. The maximum absolute atomic E-state index is 11.8. The zero-order valence-corrected chi connectivity index (χ0v) is 11.2. The summed E-state index contributed by atoms with van der Waals surface area (Å²) < 4.78 is 37.1. The highest BCUT2D eigenvalue weighted by molar-refractivity contribution is 8.02. The Hall–Kier alpha value is -0.180. The number of nitrogens with zero attached hydrogens (tertiary/aromatic N) is 2. The number of rotatable bonds is 3. The SMILES string of the molecule is CS(=O)(=O)N=S(C)(=O)Cc1cnc(Cl)s1. The molecule has 0 aliphatic carbocycles. The fourth-order valence-corrected chi connectivity index (χ4v) is 5.70. The van der Waals surface area contributed by atoms with Crippen LogP contribution in [0.4, 0.5) is 0 Å². The highest BCUT2D eigenvalue weighted by Gasteiger charge is 2.10. The molecule has 1 aromatic heterocycles. The van der Waals surface area contributed by atoms with E-state index < -0.39 is 19.8 Å². The van der Waals surface area contributed by atoms with E-state index in [1.807, 2.05) is 0 Å². The minimum absolute atomic E-state index is 0.0461. The number of hydrogen-bond donors (Lipinski definition) is 0. The van der Waals surface area contributed by atoms with Crippen LogP contribution in [-0.4, -0.2) is 30.1 Å². The maximum atomic E-state index is 11.8. The second-order valence-electron chi connectivity index (χ2n) is 2.99. The summed E-state index contributed by atoms with van der Waals surface area (Å²) in [6.07, 6.45) is 3.67. The van der Waals surface area contributed by atoms with Crippen molar-refractivity contribution in [2.75, 3.05) is 12.5 Å². The normalized spacial score (nSPS) is 15.9. The number of thiazole rings is 1. The topological polar surface area (TPSA) is 76.5 Å². The van der Waals surface area contributed by atoms with Crippen LogP contribution in [-0.2, 0) is 25.5 Å². The quantitative estimate of drug-likeness (QED) is 0.841. The van der Waals surface area contributed by atoms with E-state index in [1.165, 1.54) is 12.5 Å². The van der Waals surface area contributed by atoms with E-state index in [4.69, 9.17) is 11.6 Å². The molecule has 0 saturated heterocycles. The summed E-state index contributed by atoms with van der Waals surface area (Å²) in [7, 11) is -6.37. The van der Waals surface area contributed by atoms with Crippen molar-refractivity contribution in [3.05, 3.63) is 15.5 Å². The molecule has 0 spiro atoms. The zero-order valence-electron chi connectivity index (χ0n) is 8.01. The van der Waals surface area contributed by atoms with Crippen molar-refractivity contribution in [3.8, 4) is 0 Å². The van der Waals surface area contributed by atoms with E-state index in [9.17, 15) is 12.6 Å². The Labute approximate surface area is 97.7 Å². The predicted molar refractivity (Wildman–Crippen MR) is 62.2 cm³/mol. The van der Waals surface area contributed by atoms with Crippen molar-refractivity contribution < 1.29 is 12.6 Å². The van der Waals surface area contributed by atoms with Crippen molar-refractivity contribution in [1.29, 1.82) is 0 Å². The summed E-state index contributed by atoms with van der Waals surface area (Å²) in [6, 6.07) is 0. The Morgan fingerprint density at radius 2 is 2.07 bits per heavy atom. The molecule has 0 N–H and O–H groups in total. The Kier molecular flexibility index (Phi) is 3.75. The fourth-order valence-electron chi connectivity index (χ4n) is 0.927. The lowest BCUT2D eigenvalue weighted by molar-refractivity contribution is 0.603. The van der Waals surface area contributed by atoms with Gasteiger partial charge in [-0.25, -0.2) is 17.6 Å². The van der Waals surface area contributed by atoms with E-state index in [-0.39, 0.29) is 5.75 Å². The molecule has 0 fully saturated rings. The zero-order chi connectivity index (χ0) is 11.7. The molecule has 1 rings (SSSR count). The van der Waals surface area contributed by atoms with Gasteiger partial charge in [-0.3, -0.25) is 0 Å². The third-order valence-electron chi connectivity index (χ3n) is 1.23. The van der Waals surface area contributed by atoms with Gasteiger partial charge in [0, 0.05) is 17.3 Å². The molecule has 9 heteroatoms. The van der Waals surface area contributed by atoms with Crippen LogP contribution >= 0.6 is 22.9 Å². The van der Waals surface area contributed by atoms with Crippen LogP contribution in [0.15, 0.2) is 9.96 Å². The molecule has 0 amide bonds. The summed E-state index contributed by atoms with van der Waals surface area (Å²) in [5.41, 5.74) is 0. The lowest BCUT2D eigenvalue weighted by Crippen LogP contribution is -2.04. The minimum Gasteiger partial charge on any atom is -0.249 e. The summed E-state index contributed by atoms with van der Waals surface area (Å²) in [5, 5.41) is 0. The second-order valence-corrected chi connectivity index (χ2v) is 8.96. The molecule has 0 bridgehead atoms. The number of aromatic nitrogens is 1. The summed E-state index contributed by atoms with van der Waals surface area (Å²) in [5.74, 6) is 0.0461. The molecular formula is C6H9ClN2O3S3. The van der Waals surface area contributed by atoms with Crippen LogP contribution in [0.1, 0.15) is 4.88 Å². The van der Waals surface area contributed by atoms with Crippen molar-refractivity contribution in [2.24, 2.45) is 3.77 Å². The molecule has 5 nitrogen and oxygen atoms in total. The number of sulfonamides is 1. The summed E-state index contributed by atoms with van der Waals surface area (Å²) >= 11 is 6.75. The largest absolute Gasteiger partial charge is 0.257 e. The molecule has 0 saturated carbocycles. The molecule has 0 aliphatic rings. The van der Waals surface area contributed by atoms with Crippen LogP contribution in [0.3, 0.4) is 0 Å². The highest BCUT2D eigenvalue weighted by Crippen LogP contribution is 2.20. The Morgan fingerprint density at radius 1 is 1.47 bits per heavy atom. The van der Waals surface area contributed by atoms with Gasteiger partial charge in [0.25, 0.3) is 10.0 Å². The Balaban J connectivity index is 3.01. The number of hydrogen-bond acceptors (Lipinski definition) is 5. The molecule has 0 aromatic carbocycles. The van der Waals surface area contributed by atoms with Crippen LogP contribution in [0.5, 0.6) is 0 Å². The standard InChI is InChI=1S/C6H9ClN2O3S3/c1-14(10,9-15(2,11)12)4-5-3-8-6(7)13-5/h3H,4H2,1-2H3. The van der Waals surface area contributed by atoms with Gasteiger partial charge < -0.3 is 0 Å². The number of halogens is 1. The van der Waals surface area contributed by atoms with E-state index in [1.54, 1.807) is 0 Å². The molecule has 0 aliphatic heterocycles. The van der Waals surface area contributed by atoms with Crippen molar-refractivity contribution >= 4 is 42.7 Å². The molecular weight excluding hydrogens is 280 g/mol. The first-order chi connectivity index (χ1) is 6.68. The van der Waals surface area contributed by atoms with Gasteiger partial charge in [0.1, 0.15) is 0 Å². The van der Waals surface area contributed by atoms with E-state index in [0.717, 1.165) is 17.6 Å². The molecule has 86 valence electrons. The van der Waals surface area contributed by atoms with Gasteiger partial charge in [-0.15, -0.1) is 15.1 Å². The molecule has 1 aromatic rings. The lowest BCUT2D eigenvalue weighted by atomic mass is 10.6. The van der Waals surface area contributed by atoms with Gasteiger partial charge in [0.2, 0.25) is 0 Å². The van der Waals surface area contributed by atoms with Crippen LogP contribution in [0, 0.1) is 0 Å². The first kappa shape index (κ1) is 12.9. The first-order valence-corrected chi connectivity index (χ1v) is 8.83. The van der Waals surface area contributed by atoms with Gasteiger partial charge in [-0.05, 0) is 0 Å². The van der Waals surface area contributed by atoms with Crippen molar-refractivity contribution in [1.82, 2.24) is 4.98 Å². The van der Waals surface area contributed by atoms with E-state index >= 15 is 0 Å². The maximum Gasteiger partial charge on any atom is 0.257 e. The molecule has 15 heavy (non-hydrogen) atoms. The highest BCUT2D eigenvalue weighted by atomic mass is 35.5. The van der Waals surface area contributed by atoms with E-state index in [0.29, 0.717) is 9.34 Å². The fraction of sp³-hybridized carbons (Fsp3) is 0.500. The monoisotopic (exact) mass is 288 g/mol. The third-order valence-corrected chi connectivity index (χ3v) is 5.72. The molecule has 1 unspecified atom stereocenters. The van der Waals surface area contributed by atoms with Crippen LogP contribution in [0.25, 0.3) is 0 Å². The predicted octanol–water partition coefficient (Wildman–Crippen LogP) is 1.35. The third kappa shape index (κ3) is 4.92. The average Bonchev–Trinajstić information content (AvgIpc) is 2.27. The molecule has 1 atom stereocenters. The lowest BCUT2D eigenvalue weighted by Gasteiger charge is -1.99. The smallest absolute Gasteiger partial charge is 0.249 e. The van der Waals surface area contributed by atoms with Gasteiger partial charge in [-0.2, -0.15) is 0 Å². The van der Waals surface area contributed by atoms with Crippen LogP contribution < -0.4 is 0 Å². The molecule has 1 heterocycles. The Bertz CT molecular complexity index is 568. The Morgan fingerprint density at radius 3 is 2.47 bits per heavy atom. The summed E-state index contributed by atoms with van der Waals surface area (Å²) in [6.45, 7) is 0. The van der Waals surface area contributed by atoms with Crippen molar-refractivity contribution in [3.63, 3.8) is 0 Å². The van der Waals surface area contributed by atoms with E-state index in [2.05, 4.69) is 8.75 Å². The first-order valence-electron chi connectivity index (χ1n) is 3.69. The van der Waals surface area contributed by atoms with Gasteiger partial charge >= 0.3 is 0 Å². The minimum atomic E-state index is -3.59. The van der Waals surface area contributed by atoms with Crippen LogP contribution in [0.2, 0.25) is 4.47 Å². The second kappa shape index (κ2) is 4.36. The summed E-state index contributed by atoms with van der Waals surface area (Å²) in [4.78, 5) is 4.42. The van der Waals surface area contributed by atoms with Gasteiger partial charge in [-0.1, -0.05) is 11.6 Å².